The van der Waals surface area contributed by atoms with Gasteiger partial charge in [0.15, 0.2) is 15.1 Å². The molecule has 0 aromatic rings. The van der Waals surface area contributed by atoms with E-state index in [-0.39, 0.29) is 18.1 Å². The van der Waals surface area contributed by atoms with E-state index in [4.69, 9.17) is 5.11 Å². The summed E-state index contributed by atoms with van der Waals surface area (Å²) in [5.41, 5.74) is 0. The molecule has 0 amide bonds. The predicted octanol–water partition coefficient (Wildman–Crippen LogP) is 1.70. The van der Waals surface area contributed by atoms with Crippen molar-refractivity contribution in [1.82, 2.24) is 0 Å². The normalized spacial score (nSPS) is 14.1. The summed E-state index contributed by atoms with van der Waals surface area (Å²) >= 11 is 0. The number of hydrogen-bond donors (Lipinski definition) is 1. The summed E-state index contributed by atoms with van der Waals surface area (Å²) in [6, 6.07) is 0. The van der Waals surface area contributed by atoms with Crippen molar-refractivity contribution in [2.24, 2.45) is 5.92 Å². The molecule has 1 unspecified atom stereocenters. The van der Waals surface area contributed by atoms with E-state index < -0.39 is 21.1 Å². The number of carboxylic acid groups (broad SMARTS) is 1. The van der Waals surface area contributed by atoms with Gasteiger partial charge in [0.2, 0.25) is 0 Å². The lowest BCUT2D eigenvalue weighted by molar-refractivity contribution is -0.136. The fourth-order valence-electron chi connectivity index (χ4n) is 1.55. The molecule has 90 valence electrons. The van der Waals surface area contributed by atoms with Crippen molar-refractivity contribution in [1.29, 1.82) is 0 Å². The monoisotopic (exact) mass is 236 g/mol. The van der Waals surface area contributed by atoms with Crippen LogP contribution in [-0.2, 0) is 14.6 Å². The Morgan fingerprint density at radius 2 is 1.60 bits per heavy atom. The summed E-state index contributed by atoms with van der Waals surface area (Å²) in [6.07, 6.45) is 1.68. The highest BCUT2D eigenvalue weighted by molar-refractivity contribution is 7.92. The number of sulfone groups is 1. The van der Waals surface area contributed by atoms with Crippen LogP contribution in [0.3, 0.4) is 0 Å². The van der Waals surface area contributed by atoms with Gasteiger partial charge in [0.1, 0.15) is 0 Å². The average molecular weight is 236 g/mol. The van der Waals surface area contributed by atoms with E-state index in [1.807, 2.05) is 13.8 Å². The molecule has 0 saturated heterocycles. The summed E-state index contributed by atoms with van der Waals surface area (Å²) in [4.78, 5) is 10.8. The van der Waals surface area contributed by atoms with Gasteiger partial charge in [-0.25, -0.2) is 8.42 Å². The van der Waals surface area contributed by atoms with Gasteiger partial charge < -0.3 is 5.11 Å². The molecule has 0 aromatic carbocycles. The van der Waals surface area contributed by atoms with E-state index in [2.05, 4.69) is 0 Å². The van der Waals surface area contributed by atoms with E-state index in [0.717, 1.165) is 12.8 Å². The lowest BCUT2D eigenvalue weighted by atomic mass is 10.1. The van der Waals surface area contributed by atoms with Crippen LogP contribution in [0, 0.1) is 5.92 Å². The molecule has 0 rings (SSSR count). The number of hydrogen-bond acceptors (Lipinski definition) is 3. The van der Waals surface area contributed by atoms with Gasteiger partial charge in [-0.2, -0.15) is 0 Å². The molecule has 1 N–H and O–H groups in total. The number of carbonyl (C=O) groups is 1. The molecule has 0 saturated carbocycles. The largest absolute Gasteiger partial charge is 0.480 e. The van der Waals surface area contributed by atoms with Crippen molar-refractivity contribution in [3.8, 4) is 0 Å². The minimum atomic E-state index is -3.49. The minimum absolute atomic E-state index is 0.00912. The van der Waals surface area contributed by atoms with E-state index in [0.29, 0.717) is 0 Å². The third kappa shape index (κ3) is 4.20. The molecule has 1 atom stereocenters. The zero-order valence-electron chi connectivity index (χ0n) is 9.56. The molecule has 15 heavy (non-hydrogen) atoms. The first-order valence-electron chi connectivity index (χ1n) is 5.33. The molecule has 0 aromatic heterocycles. The molecule has 0 fully saturated rings. The molecule has 0 radical (unpaired) electrons. The van der Waals surface area contributed by atoms with Crippen molar-refractivity contribution >= 4 is 15.8 Å². The molecular formula is C10H20O4S. The van der Waals surface area contributed by atoms with Gasteiger partial charge in [-0.15, -0.1) is 0 Å². The summed E-state index contributed by atoms with van der Waals surface area (Å²) in [7, 11) is -3.49. The Labute approximate surface area is 91.6 Å². The highest BCUT2D eigenvalue weighted by Crippen LogP contribution is 2.16. The van der Waals surface area contributed by atoms with Crippen LogP contribution in [0.4, 0.5) is 0 Å². The second-order valence-corrected chi connectivity index (χ2v) is 5.98. The average Bonchev–Trinajstić information content (AvgIpc) is 2.14. The predicted molar refractivity (Wildman–Crippen MR) is 59.6 cm³/mol. The summed E-state index contributed by atoms with van der Waals surface area (Å²) in [6.45, 7) is 5.43. The second kappa shape index (κ2) is 6.10. The Bertz CT molecular complexity index is 291. The summed E-state index contributed by atoms with van der Waals surface area (Å²) in [5, 5.41) is 7.55. The van der Waals surface area contributed by atoms with E-state index in [1.165, 1.54) is 0 Å². The van der Waals surface area contributed by atoms with Gasteiger partial charge in [0.25, 0.3) is 0 Å². The summed E-state index contributed by atoms with van der Waals surface area (Å²) in [5.74, 6) is -1.17. The van der Waals surface area contributed by atoms with Crippen LogP contribution in [0.15, 0.2) is 0 Å². The Balaban J connectivity index is 4.73. The standard InChI is InChI=1S/C10H20O4S/c1-4-8(5-2)7-15(13,14)9(6-3)10(11)12/h8-9H,4-7H2,1-3H3,(H,11,12). The Morgan fingerprint density at radius 1 is 1.13 bits per heavy atom. The molecule has 0 aliphatic rings. The fourth-order valence-corrected chi connectivity index (χ4v) is 3.73. The topological polar surface area (TPSA) is 71.4 Å². The van der Waals surface area contributed by atoms with Gasteiger partial charge in [-0.1, -0.05) is 33.6 Å². The summed E-state index contributed by atoms with van der Waals surface area (Å²) < 4.78 is 23.5. The van der Waals surface area contributed by atoms with Crippen LogP contribution in [0.2, 0.25) is 0 Å². The Kier molecular flexibility index (Phi) is 5.87. The molecule has 4 nitrogen and oxygen atoms in total. The highest BCUT2D eigenvalue weighted by Gasteiger charge is 2.31. The van der Waals surface area contributed by atoms with Gasteiger partial charge in [0, 0.05) is 0 Å². The second-order valence-electron chi connectivity index (χ2n) is 3.75. The highest BCUT2D eigenvalue weighted by atomic mass is 32.2. The zero-order valence-corrected chi connectivity index (χ0v) is 10.4. The maximum Gasteiger partial charge on any atom is 0.321 e. The van der Waals surface area contributed by atoms with Gasteiger partial charge in [-0.05, 0) is 12.3 Å². The van der Waals surface area contributed by atoms with Gasteiger partial charge in [0.05, 0.1) is 5.75 Å². The number of rotatable bonds is 7. The third-order valence-corrected chi connectivity index (χ3v) is 5.04. The molecule has 0 spiro atoms. The van der Waals surface area contributed by atoms with E-state index >= 15 is 0 Å². The van der Waals surface area contributed by atoms with Crippen molar-refractivity contribution in [2.75, 3.05) is 5.75 Å². The van der Waals surface area contributed by atoms with Crippen LogP contribution in [0.5, 0.6) is 0 Å². The Morgan fingerprint density at radius 3 is 1.87 bits per heavy atom. The first-order valence-corrected chi connectivity index (χ1v) is 7.04. The van der Waals surface area contributed by atoms with Crippen LogP contribution < -0.4 is 0 Å². The van der Waals surface area contributed by atoms with Crippen LogP contribution >= 0.6 is 0 Å². The van der Waals surface area contributed by atoms with Crippen molar-refractivity contribution in [2.45, 2.75) is 45.3 Å². The quantitative estimate of drug-likeness (QED) is 0.730. The molecule has 0 aliphatic heterocycles. The Hall–Kier alpha value is -0.580. The molecule has 0 heterocycles. The number of aliphatic carboxylic acids is 1. The van der Waals surface area contributed by atoms with Crippen LogP contribution in [0.1, 0.15) is 40.0 Å². The van der Waals surface area contributed by atoms with Crippen LogP contribution in [0.25, 0.3) is 0 Å². The van der Waals surface area contributed by atoms with Crippen molar-refractivity contribution in [3.05, 3.63) is 0 Å². The number of carboxylic acids is 1. The first kappa shape index (κ1) is 14.4. The smallest absolute Gasteiger partial charge is 0.321 e. The van der Waals surface area contributed by atoms with E-state index in [1.54, 1.807) is 6.92 Å². The van der Waals surface area contributed by atoms with Gasteiger partial charge >= 0.3 is 5.97 Å². The fraction of sp³-hybridized carbons (Fsp3) is 0.900. The SMILES string of the molecule is CCC(CC)CS(=O)(=O)C(CC)C(=O)O. The zero-order chi connectivity index (χ0) is 12.1. The van der Waals surface area contributed by atoms with Crippen LogP contribution in [-0.4, -0.2) is 30.5 Å². The lowest BCUT2D eigenvalue weighted by Crippen LogP contribution is -2.33. The van der Waals surface area contributed by atoms with Crippen molar-refractivity contribution in [3.63, 3.8) is 0 Å². The minimum Gasteiger partial charge on any atom is -0.480 e. The maximum atomic E-state index is 11.8. The molecule has 0 bridgehead atoms. The lowest BCUT2D eigenvalue weighted by Gasteiger charge is -2.16. The van der Waals surface area contributed by atoms with Gasteiger partial charge in [-0.3, -0.25) is 4.79 Å². The maximum absolute atomic E-state index is 11.8. The molecule has 0 aliphatic carbocycles. The van der Waals surface area contributed by atoms with Crippen molar-refractivity contribution < 1.29 is 18.3 Å². The first-order chi connectivity index (χ1) is 6.88. The van der Waals surface area contributed by atoms with E-state index in [9.17, 15) is 13.2 Å². The third-order valence-electron chi connectivity index (χ3n) is 2.70. The molecular weight excluding hydrogens is 216 g/mol. The molecule has 5 heteroatoms.